The second-order valence-electron chi connectivity index (χ2n) is 6.51. The van der Waals surface area contributed by atoms with Crippen molar-refractivity contribution >= 4 is 0 Å². The highest BCUT2D eigenvalue weighted by Gasteiger charge is 2.21. The highest BCUT2D eigenvalue weighted by Crippen LogP contribution is 2.38. The van der Waals surface area contributed by atoms with Crippen molar-refractivity contribution in [3.8, 4) is 28.6 Å². The molecule has 28 heavy (non-hydrogen) atoms. The first-order chi connectivity index (χ1) is 13.8. The van der Waals surface area contributed by atoms with Gasteiger partial charge in [-0.05, 0) is 30.3 Å². The van der Waals surface area contributed by atoms with E-state index in [9.17, 15) is 0 Å². The molecule has 0 atom stereocenters. The molecule has 7 heteroatoms. The fourth-order valence-corrected chi connectivity index (χ4v) is 3.28. The third-order valence-electron chi connectivity index (χ3n) is 4.66. The van der Waals surface area contributed by atoms with Crippen LogP contribution in [0, 0.1) is 0 Å². The lowest BCUT2D eigenvalue weighted by atomic mass is 10.0. The van der Waals surface area contributed by atoms with Gasteiger partial charge in [-0.25, -0.2) is 0 Å². The lowest BCUT2D eigenvalue weighted by molar-refractivity contribution is 0.215. The molecule has 0 radical (unpaired) electrons. The van der Waals surface area contributed by atoms with Crippen molar-refractivity contribution in [2.24, 2.45) is 0 Å². The average molecular weight is 378 g/mol. The predicted octanol–water partition coefficient (Wildman–Crippen LogP) is 2.95. The Morgan fingerprint density at radius 3 is 2.71 bits per heavy atom. The zero-order valence-electron chi connectivity index (χ0n) is 16.0. The molecule has 0 aliphatic carbocycles. The van der Waals surface area contributed by atoms with Crippen LogP contribution in [0.15, 0.2) is 48.7 Å². The van der Waals surface area contributed by atoms with Crippen LogP contribution >= 0.6 is 0 Å². The van der Waals surface area contributed by atoms with E-state index in [4.69, 9.17) is 14.2 Å². The number of methoxy groups -OCH3 is 2. The van der Waals surface area contributed by atoms with Crippen molar-refractivity contribution in [1.29, 1.82) is 0 Å². The Morgan fingerprint density at radius 2 is 2.00 bits per heavy atom. The monoisotopic (exact) mass is 378 g/mol. The van der Waals surface area contributed by atoms with Crippen LogP contribution in [0.5, 0.6) is 17.4 Å². The SMILES string of the molecule is COc1ccc(-c2cc3c(c(OC)c2)OCCN(Cc2ccccn2)C3)nn1. The molecule has 4 rings (SSSR count). The topological polar surface area (TPSA) is 69.6 Å². The summed E-state index contributed by atoms with van der Waals surface area (Å²) in [6.45, 7) is 2.90. The molecule has 0 spiro atoms. The Kier molecular flexibility index (Phi) is 5.34. The molecule has 0 unspecified atom stereocenters. The third-order valence-corrected chi connectivity index (χ3v) is 4.66. The minimum atomic E-state index is 0.482. The third kappa shape index (κ3) is 3.89. The molecular weight excluding hydrogens is 356 g/mol. The van der Waals surface area contributed by atoms with Gasteiger partial charge < -0.3 is 14.2 Å². The van der Waals surface area contributed by atoms with Gasteiger partial charge in [0.05, 0.1) is 25.6 Å². The first-order valence-electron chi connectivity index (χ1n) is 9.11. The quantitative estimate of drug-likeness (QED) is 0.676. The molecule has 3 aromatic rings. The molecule has 0 N–H and O–H groups in total. The Labute approximate surface area is 163 Å². The van der Waals surface area contributed by atoms with Gasteiger partial charge in [-0.2, -0.15) is 0 Å². The number of rotatable bonds is 5. The van der Waals surface area contributed by atoms with Gasteiger partial charge in [-0.1, -0.05) is 6.07 Å². The van der Waals surface area contributed by atoms with E-state index < -0.39 is 0 Å². The maximum atomic E-state index is 6.02. The number of benzene rings is 1. The van der Waals surface area contributed by atoms with E-state index in [2.05, 4.69) is 26.1 Å². The molecule has 1 aromatic carbocycles. The van der Waals surface area contributed by atoms with Crippen LogP contribution in [0.3, 0.4) is 0 Å². The standard InChI is InChI=1S/C21H22N4O3/c1-26-19-12-15(18-6-7-20(27-2)24-23-18)11-16-13-25(9-10-28-21(16)19)14-17-5-3-4-8-22-17/h3-8,11-12H,9-10,13-14H2,1-2H3. The summed E-state index contributed by atoms with van der Waals surface area (Å²) in [7, 11) is 3.22. The van der Waals surface area contributed by atoms with Crippen molar-refractivity contribution in [3.63, 3.8) is 0 Å². The van der Waals surface area contributed by atoms with Crippen molar-refractivity contribution in [2.75, 3.05) is 27.4 Å². The number of hydrogen-bond acceptors (Lipinski definition) is 7. The lowest BCUT2D eigenvalue weighted by Gasteiger charge is -2.19. The number of fused-ring (bicyclic) bond motifs is 1. The summed E-state index contributed by atoms with van der Waals surface area (Å²) in [5.74, 6) is 1.97. The van der Waals surface area contributed by atoms with Gasteiger partial charge >= 0.3 is 0 Å². The number of hydrogen-bond donors (Lipinski definition) is 0. The summed E-state index contributed by atoms with van der Waals surface area (Å²) in [6, 6.07) is 13.7. The molecule has 0 fully saturated rings. The molecule has 0 amide bonds. The van der Waals surface area contributed by atoms with Gasteiger partial charge in [0.15, 0.2) is 11.5 Å². The van der Waals surface area contributed by atoms with Crippen LogP contribution in [0.4, 0.5) is 0 Å². The summed E-state index contributed by atoms with van der Waals surface area (Å²) >= 11 is 0. The number of ether oxygens (including phenoxy) is 3. The average Bonchev–Trinajstić information content (AvgIpc) is 2.95. The summed E-state index contributed by atoms with van der Waals surface area (Å²) in [5.41, 5.74) is 3.77. The zero-order chi connectivity index (χ0) is 19.3. The molecule has 144 valence electrons. The summed E-state index contributed by atoms with van der Waals surface area (Å²) in [5, 5.41) is 8.33. The largest absolute Gasteiger partial charge is 0.493 e. The van der Waals surface area contributed by atoms with Crippen LogP contribution < -0.4 is 14.2 Å². The fourth-order valence-electron chi connectivity index (χ4n) is 3.28. The molecule has 3 heterocycles. The number of nitrogens with zero attached hydrogens (tertiary/aromatic N) is 4. The first kappa shape index (κ1) is 18.2. The molecule has 0 saturated heterocycles. The van der Waals surface area contributed by atoms with Gasteiger partial charge in [-0.15, -0.1) is 10.2 Å². The fraction of sp³-hybridized carbons (Fsp3) is 0.286. The van der Waals surface area contributed by atoms with Crippen LogP contribution in [-0.2, 0) is 13.1 Å². The molecule has 1 aliphatic rings. The second kappa shape index (κ2) is 8.22. The first-order valence-corrected chi connectivity index (χ1v) is 9.11. The van der Waals surface area contributed by atoms with Crippen LogP contribution in [0.1, 0.15) is 11.3 Å². The Balaban J connectivity index is 1.65. The Morgan fingerprint density at radius 1 is 1.07 bits per heavy atom. The summed E-state index contributed by atoms with van der Waals surface area (Å²) in [4.78, 5) is 6.75. The molecule has 2 aromatic heterocycles. The molecule has 1 aliphatic heterocycles. The summed E-state index contributed by atoms with van der Waals surface area (Å²) in [6.07, 6.45) is 1.82. The molecule has 0 bridgehead atoms. The summed E-state index contributed by atoms with van der Waals surface area (Å²) < 4.78 is 16.7. The second-order valence-corrected chi connectivity index (χ2v) is 6.51. The lowest BCUT2D eigenvalue weighted by Crippen LogP contribution is -2.25. The molecule has 7 nitrogen and oxygen atoms in total. The normalized spacial score (nSPS) is 13.9. The highest BCUT2D eigenvalue weighted by molar-refractivity contribution is 5.66. The Bertz CT molecular complexity index is 932. The van der Waals surface area contributed by atoms with Crippen LogP contribution in [0.25, 0.3) is 11.3 Å². The van der Waals surface area contributed by atoms with Crippen LogP contribution in [0.2, 0.25) is 0 Å². The number of pyridine rings is 1. The van der Waals surface area contributed by atoms with E-state index in [0.717, 1.165) is 47.9 Å². The van der Waals surface area contributed by atoms with Crippen molar-refractivity contribution in [1.82, 2.24) is 20.1 Å². The zero-order valence-corrected chi connectivity index (χ0v) is 16.0. The minimum absolute atomic E-state index is 0.482. The van der Waals surface area contributed by atoms with E-state index >= 15 is 0 Å². The predicted molar refractivity (Wildman–Crippen MR) is 104 cm³/mol. The van der Waals surface area contributed by atoms with Gasteiger partial charge in [0, 0.05) is 43.0 Å². The van der Waals surface area contributed by atoms with Crippen molar-refractivity contribution in [3.05, 3.63) is 59.9 Å². The highest BCUT2D eigenvalue weighted by atomic mass is 16.5. The van der Waals surface area contributed by atoms with Gasteiger partial charge in [0.25, 0.3) is 0 Å². The van der Waals surface area contributed by atoms with Gasteiger partial charge in [0.1, 0.15) is 6.61 Å². The smallest absolute Gasteiger partial charge is 0.233 e. The maximum Gasteiger partial charge on any atom is 0.233 e. The van der Waals surface area contributed by atoms with E-state index in [1.165, 1.54) is 0 Å². The van der Waals surface area contributed by atoms with Crippen molar-refractivity contribution < 1.29 is 14.2 Å². The minimum Gasteiger partial charge on any atom is -0.493 e. The molecular formula is C21H22N4O3. The number of aromatic nitrogens is 3. The van der Waals surface area contributed by atoms with Gasteiger partial charge in [-0.3, -0.25) is 9.88 Å². The Hall–Kier alpha value is -3.19. The van der Waals surface area contributed by atoms with E-state index in [-0.39, 0.29) is 0 Å². The van der Waals surface area contributed by atoms with Gasteiger partial charge in [0.2, 0.25) is 5.88 Å². The van der Waals surface area contributed by atoms with E-state index in [1.807, 2.05) is 36.5 Å². The van der Waals surface area contributed by atoms with Crippen LogP contribution in [-0.4, -0.2) is 47.5 Å². The maximum absolute atomic E-state index is 6.02. The van der Waals surface area contributed by atoms with E-state index in [0.29, 0.717) is 18.2 Å². The van der Waals surface area contributed by atoms with E-state index in [1.54, 1.807) is 20.3 Å². The molecule has 0 saturated carbocycles. The van der Waals surface area contributed by atoms with Crippen molar-refractivity contribution in [2.45, 2.75) is 13.1 Å².